The first-order valence-electron chi connectivity index (χ1n) is 2.34. The molecule has 0 fully saturated rings. The van der Waals surface area contributed by atoms with Gasteiger partial charge in [-0.25, -0.2) is 0 Å². The summed E-state index contributed by atoms with van der Waals surface area (Å²) in [6.45, 7) is 0. The largest absolute Gasteiger partial charge is 0.454 e. The van der Waals surface area contributed by atoms with Crippen LogP contribution in [0.5, 0.6) is 11.5 Å². The van der Waals surface area contributed by atoms with Crippen molar-refractivity contribution >= 4 is 11.6 Å². The zero-order valence-corrected chi connectivity index (χ0v) is 4.77. The maximum Gasteiger partial charge on any atom is 0.149 e. The lowest BCUT2D eigenvalue weighted by Gasteiger charge is -2.18. The van der Waals surface area contributed by atoms with Gasteiger partial charge in [-0.1, -0.05) is 17.7 Å². The summed E-state index contributed by atoms with van der Waals surface area (Å²) in [4.78, 5) is 0. The van der Waals surface area contributed by atoms with Crippen LogP contribution in [0.25, 0.3) is 0 Å². The lowest BCUT2D eigenvalue weighted by molar-refractivity contribution is 0.439. The van der Waals surface area contributed by atoms with Crippen LogP contribution in [-0.2, 0) is 0 Å². The van der Waals surface area contributed by atoms with Gasteiger partial charge in [0.2, 0.25) is 0 Å². The topological polar surface area (TPSA) is 9.23 Å². The van der Waals surface area contributed by atoms with Gasteiger partial charge in [0, 0.05) is 0 Å². The minimum absolute atomic E-state index is 0.757. The number of fused-ring (bicyclic) bond motifs is 2. The molecule has 0 unspecified atom stereocenters. The molecule has 0 spiro atoms. The van der Waals surface area contributed by atoms with Gasteiger partial charge in [-0.2, -0.15) is 0 Å². The second-order valence-electron chi connectivity index (χ2n) is 1.67. The Morgan fingerprint density at radius 1 is 1.25 bits per heavy atom. The summed E-state index contributed by atoms with van der Waals surface area (Å²) in [5.74, 6) is 1.59. The summed E-state index contributed by atoms with van der Waals surface area (Å²) in [7, 11) is 0. The minimum atomic E-state index is 0.757. The Morgan fingerprint density at radius 2 is 1.88 bits per heavy atom. The van der Waals surface area contributed by atoms with Gasteiger partial charge >= 0.3 is 0 Å². The van der Waals surface area contributed by atoms with Gasteiger partial charge in [-0.05, 0) is 12.1 Å². The molecule has 2 aliphatic heterocycles. The van der Waals surface area contributed by atoms with Crippen LogP contribution in [0, 0.1) is 0 Å². The number of ether oxygens (including phenoxy) is 1. The van der Waals surface area contributed by atoms with Gasteiger partial charge in [0.15, 0.2) is 0 Å². The molecule has 1 aromatic carbocycles. The van der Waals surface area contributed by atoms with Crippen LogP contribution >= 0.6 is 11.6 Å². The SMILES string of the molecule is Clc1c2cccc1O2. The van der Waals surface area contributed by atoms with Crippen LogP contribution in [0.15, 0.2) is 18.2 Å². The summed E-state index contributed by atoms with van der Waals surface area (Å²) in [5, 5.41) is 0.757. The zero-order chi connectivity index (χ0) is 5.56. The number of hydrogen-bond donors (Lipinski definition) is 0. The van der Waals surface area contributed by atoms with Gasteiger partial charge < -0.3 is 4.74 Å². The quantitative estimate of drug-likeness (QED) is 0.527. The van der Waals surface area contributed by atoms with Crippen molar-refractivity contribution < 1.29 is 4.74 Å². The van der Waals surface area contributed by atoms with E-state index >= 15 is 0 Å². The fraction of sp³-hybridized carbons (Fsp3) is 0. The lowest BCUT2D eigenvalue weighted by Crippen LogP contribution is -1.95. The van der Waals surface area contributed by atoms with Crippen LogP contribution < -0.4 is 4.74 Å². The highest BCUT2D eigenvalue weighted by atomic mass is 35.5. The van der Waals surface area contributed by atoms with E-state index in [2.05, 4.69) is 0 Å². The van der Waals surface area contributed by atoms with Crippen LogP contribution in [0.1, 0.15) is 0 Å². The third kappa shape index (κ3) is 0.329. The van der Waals surface area contributed by atoms with Crippen LogP contribution in [0.3, 0.4) is 0 Å². The van der Waals surface area contributed by atoms with E-state index in [4.69, 9.17) is 16.3 Å². The Labute approximate surface area is 51.8 Å². The van der Waals surface area contributed by atoms with E-state index in [1.807, 2.05) is 18.2 Å². The molecule has 0 atom stereocenters. The van der Waals surface area contributed by atoms with Crippen molar-refractivity contribution in [2.24, 2.45) is 0 Å². The molecular formula is C6H3ClO. The second-order valence-corrected chi connectivity index (χ2v) is 2.05. The molecule has 0 saturated carbocycles. The van der Waals surface area contributed by atoms with Crippen molar-refractivity contribution in [1.82, 2.24) is 0 Å². The van der Waals surface area contributed by atoms with Crippen molar-refractivity contribution in [3.8, 4) is 11.5 Å². The molecule has 0 amide bonds. The molecule has 40 valence electrons. The molecule has 0 aliphatic carbocycles. The minimum Gasteiger partial charge on any atom is -0.454 e. The van der Waals surface area contributed by atoms with E-state index in [1.54, 1.807) is 0 Å². The molecule has 1 aromatic rings. The van der Waals surface area contributed by atoms with Gasteiger partial charge in [-0.3, -0.25) is 0 Å². The summed E-state index contributed by atoms with van der Waals surface area (Å²) < 4.78 is 5.01. The highest BCUT2D eigenvalue weighted by Gasteiger charge is 2.17. The van der Waals surface area contributed by atoms with Gasteiger partial charge in [0.1, 0.15) is 16.5 Å². The van der Waals surface area contributed by atoms with Crippen LogP contribution in [0.2, 0.25) is 5.02 Å². The maximum absolute atomic E-state index is 5.65. The molecule has 0 saturated heterocycles. The van der Waals surface area contributed by atoms with Crippen molar-refractivity contribution in [2.45, 2.75) is 0 Å². The van der Waals surface area contributed by atoms with Crippen molar-refractivity contribution in [3.05, 3.63) is 23.2 Å². The van der Waals surface area contributed by atoms with E-state index in [-0.39, 0.29) is 0 Å². The highest BCUT2D eigenvalue weighted by Crippen LogP contribution is 2.45. The molecule has 2 aliphatic rings. The lowest BCUT2D eigenvalue weighted by atomic mass is 10.2. The summed E-state index contributed by atoms with van der Waals surface area (Å²) in [6, 6.07) is 5.60. The molecule has 2 heterocycles. The number of hydrogen-bond acceptors (Lipinski definition) is 1. The summed E-state index contributed by atoms with van der Waals surface area (Å²) in [6.07, 6.45) is 0. The van der Waals surface area contributed by atoms with E-state index in [0.29, 0.717) is 0 Å². The molecule has 3 rings (SSSR count). The molecule has 0 radical (unpaired) electrons. The van der Waals surface area contributed by atoms with Crippen LogP contribution in [-0.4, -0.2) is 0 Å². The standard InChI is InChI=1S/C6H3ClO/c7-6-4-2-1-3-5(6)8-4/h1-3H. The maximum atomic E-state index is 5.65. The monoisotopic (exact) mass is 126 g/mol. The Morgan fingerprint density at radius 3 is 2.12 bits per heavy atom. The fourth-order valence-electron chi connectivity index (χ4n) is 0.720. The summed E-state index contributed by atoms with van der Waals surface area (Å²) in [5.41, 5.74) is 0. The normalized spacial score (nSPS) is 12.1. The summed E-state index contributed by atoms with van der Waals surface area (Å²) >= 11 is 5.65. The molecule has 1 nitrogen and oxygen atoms in total. The first-order chi connectivity index (χ1) is 3.88. The zero-order valence-electron chi connectivity index (χ0n) is 4.02. The van der Waals surface area contributed by atoms with Gasteiger partial charge in [0.05, 0.1) is 0 Å². The van der Waals surface area contributed by atoms with E-state index in [1.165, 1.54) is 0 Å². The third-order valence-electron chi connectivity index (χ3n) is 1.15. The smallest absolute Gasteiger partial charge is 0.149 e. The Balaban J connectivity index is 2.75. The Bertz CT molecular complexity index is 212. The third-order valence-corrected chi connectivity index (χ3v) is 1.52. The number of halogens is 1. The predicted molar refractivity (Wildman–Crippen MR) is 31.5 cm³/mol. The van der Waals surface area contributed by atoms with Gasteiger partial charge in [-0.15, -0.1) is 0 Å². The van der Waals surface area contributed by atoms with E-state index in [9.17, 15) is 0 Å². The van der Waals surface area contributed by atoms with Crippen LogP contribution in [0.4, 0.5) is 0 Å². The second kappa shape index (κ2) is 1.17. The predicted octanol–water partition coefficient (Wildman–Crippen LogP) is 2.45. The molecule has 8 heavy (non-hydrogen) atoms. The Hall–Kier alpha value is -0.690. The first kappa shape index (κ1) is 4.21. The molecule has 2 bridgehead atoms. The fourth-order valence-corrected chi connectivity index (χ4v) is 0.924. The van der Waals surface area contributed by atoms with Crippen molar-refractivity contribution in [3.63, 3.8) is 0 Å². The van der Waals surface area contributed by atoms with E-state index in [0.717, 1.165) is 16.5 Å². The van der Waals surface area contributed by atoms with E-state index < -0.39 is 0 Å². The molecule has 2 heteroatoms. The van der Waals surface area contributed by atoms with Crippen molar-refractivity contribution in [1.29, 1.82) is 0 Å². The number of benzene rings is 1. The average Bonchev–Trinajstić information content (AvgIpc) is 1.89. The Kier molecular flexibility index (Phi) is 0.619. The number of rotatable bonds is 0. The molecular weight excluding hydrogens is 124 g/mol. The average molecular weight is 127 g/mol. The molecule has 0 N–H and O–H groups in total. The highest BCUT2D eigenvalue weighted by molar-refractivity contribution is 6.34. The molecule has 0 aromatic heterocycles. The first-order valence-corrected chi connectivity index (χ1v) is 2.72. The van der Waals surface area contributed by atoms with Crippen molar-refractivity contribution in [2.75, 3.05) is 0 Å². The van der Waals surface area contributed by atoms with Gasteiger partial charge in [0.25, 0.3) is 0 Å².